The molecule has 1 N–H and O–H groups in total. The van der Waals surface area contributed by atoms with Crippen LogP contribution in [0.25, 0.3) is 0 Å². The number of halogens is 3. The van der Waals surface area contributed by atoms with Crippen molar-refractivity contribution in [3.05, 3.63) is 54.1 Å². The number of rotatable bonds is 4. The van der Waals surface area contributed by atoms with Gasteiger partial charge in [-0.15, -0.1) is 11.5 Å². The van der Waals surface area contributed by atoms with Gasteiger partial charge < -0.3 is 10.1 Å². The van der Waals surface area contributed by atoms with E-state index in [1.54, 1.807) is 24.3 Å². The fourth-order valence-corrected chi connectivity index (χ4v) is 1.76. The van der Waals surface area contributed by atoms with E-state index in [-0.39, 0.29) is 12.3 Å². The Labute approximate surface area is 141 Å². The first-order chi connectivity index (χ1) is 11.9. The molecule has 0 spiro atoms. The highest BCUT2D eigenvalue weighted by Gasteiger charge is 2.29. The zero-order chi connectivity index (χ0) is 18.3. The fraction of sp³-hybridized carbons (Fsp3) is 0.118. The van der Waals surface area contributed by atoms with E-state index >= 15 is 0 Å². The van der Waals surface area contributed by atoms with E-state index in [0.717, 1.165) is 24.3 Å². The number of carbonyl (C=O) groups excluding carboxylic acids is 1. The Morgan fingerprint density at radius 1 is 1.20 bits per heavy atom. The van der Waals surface area contributed by atoms with Gasteiger partial charge in [0.25, 0.3) is 0 Å². The predicted molar refractivity (Wildman–Crippen MR) is 85.7 cm³/mol. The molecular weight excluding hydrogens is 335 g/mol. The molecule has 2 aromatic carbocycles. The van der Waals surface area contributed by atoms with Crippen molar-refractivity contribution in [3.8, 4) is 18.1 Å². The Balaban J connectivity index is 1.98. The minimum absolute atomic E-state index is 0.0883. The van der Waals surface area contributed by atoms with Crippen molar-refractivity contribution in [1.29, 1.82) is 0 Å². The normalized spacial score (nSPS) is 11.1. The molecule has 0 aromatic heterocycles. The van der Waals surface area contributed by atoms with Crippen LogP contribution in [0, 0.1) is 12.3 Å². The molecule has 0 aliphatic heterocycles. The predicted octanol–water partition coefficient (Wildman–Crippen LogP) is 5.03. The lowest BCUT2D eigenvalue weighted by Gasteiger charge is -2.06. The van der Waals surface area contributed by atoms with Crippen molar-refractivity contribution in [2.75, 3.05) is 11.9 Å². The quantitative estimate of drug-likeness (QED) is 0.622. The maximum absolute atomic E-state index is 12.4. The molecule has 0 fully saturated rings. The SMILES string of the molecule is C#CCOc1cccc(NC(=O)N=Nc2ccc(C(F)(F)F)cc2)c1. The highest BCUT2D eigenvalue weighted by molar-refractivity contribution is 5.89. The summed E-state index contributed by atoms with van der Waals surface area (Å²) in [6.07, 6.45) is 0.658. The summed E-state index contributed by atoms with van der Waals surface area (Å²) in [7, 11) is 0. The number of benzene rings is 2. The molecule has 0 unspecified atom stereocenters. The summed E-state index contributed by atoms with van der Waals surface area (Å²) in [5, 5.41) is 9.43. The number of nitrogens with one attached hydrogen (secondary N) is 1. The van der Waals surface area contributed by atoms with Crippen LogP contribution in [0.1, 0.15) is 5.56 Å². The van der Waals surface area contributed by atoms with Gasteiger partial charge in [-0.25, -0.2) is 4.79 Å². The second-order valence-electron chi connectivity index (χ2n) is 4.70. The summed E-state index contributed by atoms with van der Waals surface area (Å²) < 4.78 is 42.6. The topological polar surface area (TPSA) is 63.0 Å². The van der Waals surface area contributed by atoms with Gasteiger partial charge in [0.1, 0.15) is 12.4 Å². The first-order valence-electron chi connectivity index (χ1n) is 6.95. The first-order valence-corrected chi connectivity index (χ1v) is 6.95. The summed E-state index contributed by atoms with van der Waals surface area (Å²) in [5.74, 6) is 2.78. The van der Waals surface area contributed by atoms with Gasteiger partial charge in [-0.2, -0.15) is 13.2 Å². The Hall–Kier alpha value is -3.34. The third-order valence-electron chi connectivity index (χ3n) is 2.86. The van der Waals surface area contributed by atoms with Crippen LogP contribution in [0.2, 0.25) is 0 Å². The van der Waals surface area contributed by atoms with Crippen LogP contribution in [0.15, 0.2) is 58.8 Å². The van der Waals surface area contributed by atoms with E-state index < -0.39 is 17.8 Å². The van der Waals surface area contributed by atoms with E-state index in [0.29, 0.717) is 11.4 Å². The van der Waals surface area contributed by atoms with E-state index in [1.807, 2.05) is 0 Å². The number of carbonyl (C=O) groups is 1. The Morgan fingerprint density at radius 2 is 1.92 bits per heavy atom. The summed E-state index contributed by atoms with van der Waals surface area (Å²) in [6, 6.07) is 9.63. The van der Waals surface area contributed by atoms with Gasteiger partial charge in [0, 0.05) is 11.8 Å². The van der Waals surface area contributed by atoms with Crippen molar-refractivity contribution in [3.63, 3.8) is 0 Å². The second-order valence-corrected chi connectivity index (χ2v) is 4.70. The van der Waals surface area contributed by atoms with Crippen LogP contribution < -0.4 is 10.1 Å². The lowest BCUT2D eigenvalue weighted by Crippen LogP contribution is -2.05. The number of hydrogen-bond donors (Lipinski definition) is 1. The zero-order valence-corrected chi connectivity index (χ0v) is 12.7. The third-order valence-corrected chi connectivity index (χ3v) is 2.86. The molecular formula is C17H12F3N3O2. The summed E-state index contributed by atoms with van der Waals surface area (Å²) in [6.45, 7) is 0.0883. The maximum atomic E-state index is 12.4. The van der Waals surface area contributed by atoms with Crippen molar-refractivity contribution < 1.29 is 22.7 Å². The maximum Gasteiger partial charge on any atom is 0.416 e. The lowest BCUT2D eigenvalue weighted by molar-refractivity contribution is -0.137. The molecule has 0 saturated heterocycles. The second kappa shape index (κ2) is 7.97. The van der Waals surface area contributed by atoms with Gasteiger partial charge in [0.05, 0.1) is 11.3 Å². The van der Waals surface area contributed by atoms with Gasteiger partial charge in [0.2, 0.25) is 0 Å². The van der Waals surface area contributed by atoms with Crippen molar-refractivity contribution in [2.24, 2.45) is 10.2 Å². The van der Waals surface area contributed by atoms with E-state index in [9.17, 15) is 18.0 Å². The van der Waals surface area contributed by atoms with Crippen LogP contribution in [0.5, 0.6) is 5.75 Å². The molecule has 0 radical (unpaired) electrons. The molecule has 0 heterocycles. The minimum atomic E-state index is -4.43. The number of azo groups is 1. The molecule has 0 bridgehead atoms. The van der Waals surface area contributed by atoms with E-state index in [1.165, 1.54) is 0 Å². The van der Waals surface area contributed by atoms with E-state index in [4.69, 9.17) is 11.2 Å². The molecule has 0 saturated carbocycles. The summed E-state index contributed by atoms with van der Waals surface area (Å²) in [4.78, 5) is 11.7. The molecule has 0 aliphatic carbocycles. The van der Waals surface area contributed by atoms with Crippen LogP contribution in [0.4, 0.5) is 29.3 Å². The van der Waals surface area contributed by atoms with Gasteiger partial charge in [-0.05, 0) is 36.4 Å². The number of nitrogens with zero attached hydrogens (tertiary/aromatic N) is 2. The van der Waals surface area contributed by atoms with Crippen LogP contribution in [0.3, 0.4) is 0 Å². The highest BCUT2D eigenvalue weighted by atomic mass is 19.4. The largest absolute Gasteiger partial charge is 0.481 e. The highest BCUT2D eigenvalue weighted by Crippen LogP contribution is 2.30. The third kappa shape index (κ3) is 5.66. The van der Waals surface area contributed by atoms with Gasteiger partial charge >= 0.3 is 12.2 Å². The number of amides is 2. The molecule has 25 heavy (non-hydrogen) atoms. The van der Waals surface area contributed by atoms with Gasteiger partial charge in [0.15, 0.2) is 0 Å². The van der Waals surface area contributed by atoms with Crippen LogP contribution in [-0.2, 0) is 6.18 Å². The molecule has 2 rings (SSSR count). The molecule has 0 aliphatic rings. The lowest BCUT2D eigenvalue weighted by atomic mass is 10.2. The van der Waals surface area contributed by atoms with Gasteiger partial charge in [-0.3, -0.25) is 0 Å². The molecule has 128 valence electrons. The number of hydrogen-bond acceptors (Lipinski definition) is 3. The number of urea groups is 1. The Kier molecular flexibility index (Phi) is 5.74. The average molecular weight is 347 g/mol. The Morgan fingerprint density at radius 3 is 2.56 bits per heavy atom. The van der Waals surface area contributed by atoms with Crippen LogP contribution >= 0.6 is 0 Å². The number of anilines is 1. The molecule has 2 aromatic rings. The molecule has 0 atom stereocenters. The number of ether oxygens (including phenoxy) is 1. The molecule has 8 heteroatoms. The number of alkyl halides is 3. The number of terminal acetylenes is 1. The summed E-state index contributed by atoms with van der Waals surface area (Å²) in [5.41, 5.74) is -0.278. The Bertz CT molecular complexity index is 809. The zero-order valence-electron chi connectivity index (χ0n) is 12.7. The average Bonchev–Trinajstić information content (AvgIpc) is 2.58. The van der Waals surface area contributed by atoms with Crippen molar-refractivity contribution >= 4 is 17.4 Å². The van der Waals surface area contributed by atoms with Crippen molar-refractivity contribution in [1.82, 2.24) is 0 Å². The molecule has 2 amide bonds. The molecule has 5 nitrogen and oxygen atoms in total. The minimum Gasteiger partial charge on any atom is -0.481 e. The van der Waals surface area contributed by atoms with Crippen LogP contribution in [-0.4, -0.2) is 12.6 Å². The standard InChI is InChI=1S/C17H12F3N3O2/c1-2-10-25-15-5-3-4-14(11-15)21-16(24)23-22-13-8-6-12(7-9-13)17(18,19)20/h1,3-9,11H,10H2,(H,21,24). The first kappa shape index (κ1) is 18.0. The van der Waals surface area contributed by atoms with E-state index in [2.05, 4.69) is 21.5 Å². The van der Waals surface area contributed by atoms with Crippen molar-refractivity contribution in [2.45, 2.75) is 6.18 Å². The van der Waals surface area contributed by atoms with Gasteiger partial charge in [-0.1, -0.05) is 17.1 Å². The summed E-state index contributed by atoms with van der Waals surface area (Å²) >= 11 is 0. The fourth-order valence-electron chi connectivity index (χ4n) is 1.76. The smallest absolute Gasteiger partial charge is 0.416 e. The monoisotopic (exact) mass is 347 g/mol.